The molecule has 0 aliphatic carbocycles. The minimum absolute atomic E-state index is 0.258. The van der Waals surface area contributed by atoms with Gasteiger partial charge < -0.3 is 4.74 Å². The Morgan fingerprint density at radius 2 is 1.75 bits per heavy atom. The van der Waals surface area contributed by atoms with Gasteiger partial charge >= 0.3 is 5.97 Å². The Labute approximate surface area is 141 Å². The molecule has 2 aromatic rings. The van der Waals surface area contributed by atoms with Gasteiger partial charge in [0.15, 0.2) is 9.84 Å². The van der Waals surface area contributed by atoms with E-state index in [4.69, 9.17) is 4.74 Å². The van der Waals surface area contributed by atoms with Crippen molar-refractivity contribution in [2.75, 3.05) is 12.9 Å². The standard InChI is InChI=1S/C19H18O4S/c1-13-4-3-5-15(12-13)18(17-10-11-23-19(17)20)14-6-8-16(9-7-14)24(2,21)22/h3-9,12H,10-11H2,1-2H3. The fourth-order valence-corrected chi connectivity index (χ4v) is 3.48. The normalized spacial score (nSPS) is 16.8. The van der Waals surface area contributed by atoms with E-state index in [1.165, 1.54) is 6.26 Å². The van der Waals surface area contributed by atoms with Crippen molar-refractivity contribution in [1.29, 1.82) is 0 Å². The Morgan fingerprint density at radius 1 is 1.04 bits per heavy atom. The Hall–Kier alpha value is -2.40. The molecule has 1 heterocycles. The lowest BCUT2D eigenvalue weighted by molar-refractivity contribution is -0.135. The molecule has 0 spiro atoms. The predicted molar refractivity (Wildman–Crippen MR) is 92.3 cm³/mol. The third-order valence-corrected chi connectivity index (χ3v) is 5.14. The summed E-state index contributed by atoms with van der Waals surface area (Å²) in [7, 11) is -3.25. The maximum Gasteiger partial charge on any atom is 0.334 e. The van der Waals surface area contributed by atoms with Crippen molar-refractivity contribution in [3.8, 4) is 0 Å². The molecule has 3 rings (SSSR count). The van der Waals surface area contributed by atoms with Crippen LogP contribution in [0, 0.1) is 6.92 Å². The van der Waals surface area contributed by atoms with Gasteiger partial charge in [0.2, 0.25) is 0 Å². The molecule has 5 heteroatoms. The van der Waals surface area contributed by atoms with E-state index in [1.807, 2.05) is 31.2 Å². The van der Waals surface area contributed by atoms with E-state index in [9.17, 15) is 13.2 Å². The first-order valence-corrected chi connectivity index (χ1v) is 9.53. The largest absolute Gasteiger partial charge is 0.462 e. The first-order chi connectivity index (χ1) is 11.4. The van der Waals surface area contributed by atoms with Crippen molar-refractivity contribution in [2.45, 2.75) is 18.2 Å². The van der Waals surface area contributed by atoms with Crippen LogP contribution in [0.2, 0.25) is 0 Å². The summed E-state index contributed by atoms with van der Waals surface area (Å²) in [5.74, 6) is -0.307. The molecule has 1 fully saturated rings. The number of carbonyl (C=O) groups is 1. The molecule has 4 nitrogen and oxygen atoms in total. The average molecular weight is 342 g/mol. The van der Waals surface area contributed by atoms with Gasteiger partial charge in [-0.1, -0.05) is 42.0 Å². The summed E-state index contributed by atoms with van der Waals surface area (Å²) >= 11 is 0. The highest BCUT2D eigenvalue weighted by molar-refractivity contribution is 7.90. The minimum Gasteiger partial charge on any atom is -0.462 e. The first-order valence-electron chi connectivity index (χ1n) is 7.64. The highest BCUT2D eigenvalue weighted by Gasteiger charge is 2.25. The number of benzene rings is 2. The Morgan fingerprint density at radius 3 is 2.29 bits per heavy atom. The summed E-state index contributed by atoms with van der Waals surface area (Å²) in [6.07, 6.45) is 1.73. The van der Waals surface area contributed by atoms with Crippen LogP contribution in [0.5, 0.6) is 0 Å². The molecular weight excluding hydrogens is 324 g/mol. The van der Waals surface area contributed by atoms with E-state index in [0.717, 1.165) is 22.3 Å². The molecular formula is C19H18O4S. The van der Waals surface area contributed by atoms with Gasteiger partial charge in [0.05, 0.1) is 11.5 Å². The van der Waals surface area contributed by atoms with Gasteiger partial charge in [-0.3, -0.25) is 0 Å². The summed E-state index contributed by atoms with van der Waals surface area (Å²) in [5.41, 5.74) is 4.26. The third-order valence-electron chi connectivity index (χ3n) is 4.01. The predicted octanol–water partition coefficient (Wildman–Crippen LogP) is 3.15. The zero-order valence-corrected chi connectivity index (χ0v) is 14.4. The molecule has 24 heavy (non-hydrogen) atoms. The van der Waals surface area contributed by atoms with Crippen molar-refractivity contribution < 1.29 is 17.9 Å². The fourth-order valence-electron chi connectivity index (χ4n) is 2.85. The molecule has 0 N–H and O–H groups in total. The molecule has 124 valence electrons. The van der Waals surface area contributed by atoms with Crippen LogP contribution in [0.15, 0.2) is 59.0 Å². The molecule has 0 radical (unpaired) electrons. The molecule has 0 unspecified atom stereocenters. The lowest BCUT2D eigenvalue weighted by Crippen LogP contribution is -2.02. The van der Waals surface area contributed by atoms with E-state index in [2.05, 4.69) is 0 Å². The van der Waals surface area contributed by atoms with E-state index < -0.39 is 9.84 Å². The average Bonchev–Trinajstić information content (AvgIpc) is 2.93. The van der Waals surface area contributed by atoms with Gasteiger partial charge in [-0.2, -0.15) is 0 Å². The molecule has 1 aliphatic rings. The summed E-state index contributed by atoms with van der Waals surface area (Å²) in [6.45, 7) is 2.37. The number of sulfone groups is 1. The number of carbonyl (C=O) groups excluding carboxylic acids is 1. The number of esters is 1. The lowest BCUT2D eigenvalue weighted by Gasteiger charge is -2.12. The van der Waals surface area contributed by atoms with Crippen LogP contribution in [0.3, 0.4) is 0 Å². The molecule has 1 saturated heterocycles. The second-order valence-corrected chi connectivity index (χ2v) is 7.92. The zero-order valence-electron chi connectivity index (χ0n) is 13.6. The van der Waals surface area contributed by atoms with E-state index >= 15 is 0 Å². The lowest BCUT2D eigenvalue weighted by atomic mass is 9.91. The molecule has 0 atom stereocenters. The number of hydrogen-bond acceptors (Lipinski definition) is 4. The summed E-state index contributed by atoms with van der Waals surface area (Å²) in [4.78, 5) is 12.4. The molecule has 0 amide bonds. The van der Waals surface area contributed by atoms with Crippen molar-refractivity contribution in [3.63, 3.8) is 0 Å². The monoisotopic (exact) mass is 342 g/mol. The van der Waals surface area contributed by atoms with Crippen LogP contribution in [-0.4, -0.2) is 27.2 Å². The van der Waals surface area contributed by atoms with Crippen molar-refractivity contribution >= 4 is 21.4 Å². The number of ether oxygens (including phenoxy) is 1. The van der Waals surface area contributed by atoms with E-state index in [-0.39, 0.29) is 10.9 Å². The Bertz CT molecular complexity index is 922. The molecule has 2 aromatic carbocycles. The van der Waals surface area contributed by atoms with Gasteiger partial charge in [0.25, 0.3) is 0 Å². The number of aryl methyl sites for hydroxylation is 1. The van der Waals surface area contributed by atoms with E-state index in [0.29, 0.717) is 18.6 Å². The van der Waals surface area contributed by atoms with Gasteiger partial charge in [0, 0.05) is 18.2 Å². The summed E-state index contributed by atoms with van der Waals surface area (Å²) in [5, 5.41) is 0. The smallest absolute Gasteiger partial charge is 0.334 e. The molecule has 0 saturated carbocycles. The first kappa shape index (κ1) is 16.5. The topological polar surface area (TPSA) is 60.4 Å². The highest BCUT2D eigenvalue weighted by Crippen LogP contribution is 2.32. The van der Waals surface area contributed by atoms with Crippen molar-refractivity contribution in [1.82, 2.24) is 0 Å². The van der Waals surface area contributed by atoms with Crippen molar-refractivity contribution in [3.05, 3.63) is 70.8 Å². The van der Waals surface area contributed by atoms with Crippen LogP contribution in [0.25, 0.3) is 5.57 Å². The molecule has 0 aromatic heterocycles. The SMILES string of the molecule is Cc1cccc(C(=C2CCOC2=O)c2ccc(S(C)(=O)=O)cc2)c1. The zero-order chi connectivity index (χ0) is 17.3. The van der Waals surface area contributed by atoms with Crippen LogP contribution >= 0.6 is 0 Å². The van der Waals surface area contributed by atoms with Gasteiger partial charge in [-0.05, 0) is 35.8 Å². The van der Waals surface area contributed by atoms with Crippen LogP contribution < -0.4 is 0 Å². The maximum atomic E-state index is 12.1. The Balaban J connectivity index is 2.18. The summed E-state index contributed by atoms with van der Waals surface area (Å²) in [6, 6.07) is 14.5. The van der Waals surface area contributed by atoms with Gasteiger partial charge in [-0.15, -0.1) is 0 Å². The summed E-state index contributed by atoms with van der Waals surface area (Å²) < 4.78 is 28.4. The van der Waals surface area contributed by atoms with Crippen LogP contribution in [-0.2, 0) is 19.4 Å². The molecule has 0 bridgehead atoms. The highest BCUT2D eigenvalue weighted by atomic mass is 32.2. The minimum atomic E-state index is -3.25. The van der Waals surface area contributed by atoms with Crippen LogP contribution in [0.1, 0.15) is 23.1 Å². The number of hydrogen-bond donors (Lipinski definition) is 0. The van der Waals surface area contributed by atoms with E-state index in [1.54, 1.807) is 24.3 Å². The van der Waals surface area contributed by atoms with Crippen LogP contribution in [0.4, 0.5) is 0 Å². The number of rotatable bonds is 3. The fraction of sp³-hybridized carbons (Fsp3) is 0.211. The molecule has 1 aliphatic heterocycles. The Kier molecular flexibility index (Phi) is 4.28. The van der Waals surface area contributed by atoms with Crippen molar-refractivity contribution in [2.24, 2.45) is 0 Å². The maximum absolute atomic E-state index is 12.1. The van der Waals surface area contributed by atoms with Gasteiger partial charge in [0.1, 0.15) is 0 Å². The third kappa shape index (κ3) is 3.26. The van der Waals surface area contributed by atoms with Gasteiger partial charge in [-0.25, -0.2) is 13.2 Å². The second-order valence-electron chi connectivity index (χ2n) is 5.91. The number of cyclic esters (lactones) is 1. The second kappa shape index (κ2) is 6.24. The quantitative estimate of drug-likeness (QED) is 0.635.